The van der Waals surface area contributed by atoms with E-state index in [1.807, 2.05) is 18.2 Å². The van der Waals surface area contributed by atoms with Gasteiger partial charge in [0.2, 0.25) is 5.91 Å². The number of amides is 2. The topological polar surface area (TPSA) is 71.8 Å². The van der Waals surface area contributed by atoms with Gasteiger partial charge in [-0.25, -0.2) is 0 Å². The summed E-state index contributed by atoms with van der Waals surface area (Å²) in [7, 11) is 1.72. The highest BCUT2D eigenvalue weighted by molar-refractivity contribution is 5.92. The summed E-state index contributed by atoms with van der Waals surface area (Å²) in [6.45, 7) is 0.513. The number of rotatable bonds is 4. The van der Waals surface area contributed by atoms with Crippen molar-refractivity contribution >= 4 is 11.8 Å². The fourth-order valence-corrected chi connectivity index (χ4v) is 2.32. The lowest BCUT2D eigenvalue weighted by molar-refractivity contribution is -0.126. The van der Waals surface area contributed by atoms with Crippen molar-refractivity contribution in [3.05, 3.63) is 48.2 Å². The first kappa shape index (κ1) is 14.2. The van der Waals surface area contributed by atoms with Crippen LogP contribution in [0.3, 0.4) is 0 Å². The third-order valence-corrected chi connectivity index (χ3v) is 3.44. The minimum atomic E-state index is -0.351. The summed E-state index contributed by atoms with van der Waals surface area (Å²) in [6.07, 6.45) is 0.316. The van der Waals surface area contributed by atoms with Gasteiger partial charge in [-0.05, 0) is 18.2 Å². The largest absolute Gasteiger partial charge is 0.426 e. The number of likely N-dealkylation sites (N-methyl/N-ethyl adjacent to an activating group) is 1. The molecule has 2 heterocycles. The quantitative estimate of drug-likeness (QED) is 0.938. The minimum absolute atomic E-state index is 0.0258. The van der Waals surface area contributed by atoms with Crippen molar-refractivity contribution in [3.63, 3.8) is 0 Å². The number of para-hydroxylation sites is 1. The molecule has 0 aliphatic carbocycles. The van der Waals surface area contributed by atoms with Gasteiger partial charge in [-0.1, -0.05) is 18.2 Å². The number of nitrogens with zero attached hydrogens (tertiary/aromatic N) is 1. The number of hydrogen-bond donors (Lipinski definition) is 1. The van der Waals surface area contributed by atoms with E-state index >= 15 is 0 Å². The van der Waals surface area contributed by atoms with E-state index in [0.717, 1.165) is 0 Å². The lowest BCUT2D eigenvalue weighted by Crippen LogP contribution is -2.36. The first-order valence-electron chi connectivity index (χ1n) is 6.99. The highest BCUT2D eigenvalue weighted by Crippen LogP contribution is 2.23. The van der Waals surface area contributed by atoms with Crippen LogP contribution in [0.4, 0.5) is 0 Å². The third-order valence-electron chi connectivity index (χ3n) is 3.44. The van der Waals surface area contributed by atoms with E-state index in [4.69, 9.17) is 9.15 Å². The predicted molar refractivity (Wildman–Crippen MR) is 78.7 cm³/mol. The Kier molecular flexibility index (Phi) is 3.82. The zero-order chi connectivity index (χ0) is 15.5. The second-order valence-corrected chi connectivity index (χ2v) is 5.18. The van der Waals surface area contributed by atoms with E-state index in [1.165, 1.54) is 0 Å². The molecule has 22 heavy (non-hydrogen) atoms. The predicted octanol–water partition coefficient (Wildman–Crippen LogP) is 2.03. The summed E-state index contributed by atoms with van der Waals surface area (Å²) in [5.74, 6) is 0.713. The number of benzene rings is 1. The van der Waals surface area contributed by atoms with Crippen LogP contribution >= 0.6 is 0 Å². The Hall–Kier alpha value is -2.76. The van der Waals surface area contributed by atoms with Crippen molar-refractivity contribution in [2.75, 3.05) is 13.6 Å². The Morgan fingerprint density at radius 3 is 2.73 bits per heavy atom. The van der Waals surface area contributed by atoms with Gasteiger partial charge in [-0.3, -0.25) is 9.59 Å². The summed E-state index contributed by atoms with van der Waals surface area (Å²) in [6, 6.07) is 12.1. The van der Waals surface area contributed by atoms with Crippen LogP contribution in [0.5, 0.6) is 11.7 Å². The molecule has 114 valence electrons. The van der Waals surface area contributed by atoms with Gasteiger partial charge in [0, 0.05) is 26.1 Å². The summed E-state index contributed by atoms with van der Waals surface area (Å²) < 4.78 is 10.9. The monoisotopic (exact) mass is 300 g/mol. The van der Waals surface area contributed by atoms with Crippen LogP contribution in [0, 0.1) is 0 Å². The first-order chi connectivity index (χ1) is 10.6. The van der Waals surface area contributed by atoms with E-state index in [0.29, 0.717) is 18.7 Å². The minimum Gasteiger partial charge on any atom is -0.426 e. The van der Waals surface area contributed by atoms with Crippen molar-refractivity contribution in [3.8, 4) is 11.7 Å². The molecule has 1 aliphatic heterocycles. The van der Waals surface area contributed by atoms with Gasteiger partial charge in [-0.15, -0.1) is 0 Å². The van der Waals surface area contributed by atoms with Gasteiger partial charge in [0.05, 0.1) is 6.04 Å². The molecule has 2 amide bonds. The molecule has 1 aromatic heterocycles. The number of carbonyl (C=O) groups is 2. The van der Waals surface area contributed by atoms with Crippen LogP contribution in [0.25, 0.3) is 0 Å². The molecular formula is C16H16N2O4. The Labute approximate surface area is 127 Å². The Balaban J connectivity index is 1.61. The SMILES string of the molecule is CN1CC(NC(=O)c2ccc(Oc3ccccc3)o2)CC1=O. The lowest BCUT2D eigenvalue weighted by atomic mass is 10.2. The smallest absolute Gasteiger partial charge is 0.290 e. The van der Waals surface area contributed by atoms with Gasteiger partial charge >= 0.3 is 0 Å². The maximum absolute atomic E-state index is 12.1. The summed E-state index contributed by atoms with van der Waals surface area (Å²) in [4.78, 5) is 25.1. The third kappa shape index (κ3) is 3.11. The molecule has 1 aliphatic rings. The zero-order valence-electron chi connectivity index (χ0n) is 12.1. The van der Waals surface area contributed by atoms with Gasteiger partial charge < -0.3 is 19.4 Å². The molecule has 0 spiro atoms. The molecule has 2 aromatic rings. The lowest BCUT2D eigenvalue weighted by Gasteiger charge is -2.11. The maximum Gasteiger partial charge on any atom is 0.290 e. The number of carbonyl (C=O) groups excluding carboxylic acids is 2. The Bertz CT molecular complexity index is 680. The van der Waals surface area contributed by atoms with Crippen molar-refractivity contribution in [1.82, 2.24) is 10.2 Å². The second-order valence-electron chi connectivity index (χ2n) is 5.18. The fraction of sp³-hybridized carbons (Fsp3) is 0.250. The van der Waals surface area contributed by atoms with E-state index in [9.17, 15) is 9.59 Å². The van der Waals surface area contributed by atoms with Crippen LogP contribution in [0.2, 0.25) is 0 Å². The zero-order valence-corrected chi connectivity index (χ0v) is 12.1. The van der Waals surface area contributed by atoms with Crippen LogP contribution < -0.4 is 10.1 Å². The number of hydrogen-bond acceptors (Lipinski definition) is 4. The molecule has 6 nitrogen and oxygen atoms in total. The molecule has 0 radical (unpaired) electrons. The number of nitrogens with one attached hydrogen (secondary N) is 1. The van der Waals surface area contributed by atoms with Crippen molar-refractivity contribution in [2.45, 2.75) is 12.5 Å². The molecule has 1 fully saturated rings. The number of likely N-dealkylation sites (tertiary alicyclic amines) is 1. The molecule has 0 saturated carbocycles. The van der Waals surface area contributed by atoms with E-state index in [1.54, 1.807) is 36.2 Å². The van der Waals surface area contributed by atoms with E-state index in [-0.39, 0.29) is 29.6 Å². The van der Waals surface area contributed by atoms with Crippen LogP contribution in [-0.2, 0) is 4.79 Å². The fourth-order valence-electron chi connectivity index (χ4n) is 2.32. The van der Waals surface area contributed by atoms with Crippen LogP contribution in [0.1, 0.15) is 17.0 Å². The second kappa shape index (κ2) is 5.93. The normalized spacial score (nSPS) is 17.6. The van der Waals surface area contributed by atoms with Crippen LogP contribution in [0.15, 0.2) is 46.9 Å². The van der Waals surface area contributed by atoms with Gasteiger partial charge in [0.25, 0.3) is 11.9 Å². The first-order valence-corrected chi connectivity index (χ1v) is 6.99. The Morgan fingerprint density at radius 1 is 1.27 bits per heavy atom. The average Bonchev–Trinajstić information content (AvgIpc) is 3.08. The van der Waals surface area contributed by atoms with E-state index < -0.39 is 0 Å². The number of ether oxygens (including phenoxy) is 1. The molecule has 6 heteroatoms. The Morgan fingerprint density at radius 2 is 2.05 bits per heavy atom. The van der Waals surface area contributed by atoms with Gasteiger partial charge in [-0.2, -0.15) is 0 Å². The molecule has 3 rings (SSSR count). The molecule has 1 N–H and O–H groups in total. The van der Waals surface area contributed by atoms with Crippen LogP contribution in [-0.4, -0.2) is 36.3 Å². The van der Waals surface area contributed by atoms with Crippen molar-refractivity contribution in [1.29, 1.82) is 0 Å². The van der Waals surface area contributed by atoms with Gasteiger partial charge in [0.15, 0.2) is 5.76 Å². The molecule has 1 atom stereocenters. The van der Waals surface area contributed by atoms with Gasteiger partial charge in [0.1, 0.15) is 5.75 Å². The van der Waals surface area contributed by atoms with E-state index in [2.05, 4.69) is 5.32 Å². The van der Waals surface area contributed by atoms with Crippen molar-refractivity contribution in [2.24, 2.45) is 0 Å². The molecule has 1 unspecified atom stereocenters. The molecular weight excluding hydrogens is 284 g/mol. The standard InChI is InChI=1S/C16H16N2O4/c1-18-10-11(9-14(18)19)17-16(20)13-7-8-15(22-13)21-12-5-3-2-4-6-12/h2-8,11H,9-10H2,1H3,(H,17,20). The molecule has 1 aromatic carbocycles. The average molecular weight is 300 g/mol. The highest BCUT2D eigenvalue weighted by Gasteiger charge is 2.28. The molecule has 0 bridgehead atoms. The summed E-state index contributed by atoms with van der Waals surface area (Å²) in [5, 5.41) is 2.78. The summed E-state index contributed by atoms with van der Waals surface area (Å²) >= 11 is 0. The molecule has 1 saturated heterocycles. The highest BCUT2D eigenvalue weighted by atomic mass is 16.6. The summed E-state index contributed by atoms with van der Waals surface area (Å²) in [5.41, 5.74) is 0. The number of furan rings is 1. The van der Waals surface area contributed by atoms with Crippen molar-refractivity contribution < 1.29 is 18.7 Å². The maximum atomic E-state index is 12.1.